The number of nitrogen functional groups attached to an aromatic ring is 1. The Kier molecular flexibility index (Phi) is 5.33. The minimum atomic E-state index is 0.0413. The molecule has 0 aromatic carbocycles. The van der Waals surface area contributed by atoms with Gasteiger partial charge in [-0.2, -0.15) is 0 Å². The van der Waals surface area contributed by atoms with Crippen molar-refractivity contribution in [1.29, 1.82) is 0 Å². The van der Waals surface area contributed by atoms with Gasteiger partial charge in [0.05, 0.1) is 0 Å². The van der Waals surface area contributed by atoms with E-state index in [-0.39, 0.29) is 5.91 Å². The first-order chi connectivity index (χ1) is 8.79. The molecule has 0 aliphatic heterocycles. The van der Waals surface area contributed by atoms with E-state index in [4.69, 9.17) is 5.73 Å². The van der Waals surface area contributed by atoms with Gasteiger partial charge >= 0.3 is 0 Å². The molecule has 0 bridgehead atoms. The largest absolute Gasteiger partial charge is 0.384 e. The highest BCUT2D eigenvalue weighted by Gasteiger charge is 2.18. The topological polar surface area (TPSA) is 59.2 Å². The van der Waals surface area contributed by atoms with E-state index >= 15 is 0 Å². The fourth-order valence-electron chi connectivity index (χ4n) is 2.12. The number of anilines is 1. The van der Waals surface area contributed by atoms with E-state index in [0.717, 1.165) is 18.8 Å². The number of pyridine rings is 1. The molecule has 1 aromatic rings. The van der Waals surface area contributed by atoms with Gasteiger partial charge in [-0.25, -0.2) is 4.98 Å². The molecular formula is C15H25N3O. The summed E-state index contributed by atoms with van der Waals surface area (Å²) in [5.74, 6) is 1.34. The Labute approximate surface area is 116 Å². The van der Waals surface area contributed by atoms with Crippen LogP contribution in [0.25, 0.3) is 0 Å². The van der Waals surface area contributed by atoms with Crippen molar-refractivity contribution in [3.8, 4) is 0 Å². The lowest BCUT2D eigenvalue weighted by atomic mass is 10.1. The van der Waals surface area contributed by atoms with E-state index in [1.165, 1.54) is 0 Å². The normalized spacial score (nSPS) is 11.1. The van der Waals surface area contributed by atoms with Gasteiger partial charge in [0.15, 0.2) is 0 Å². The van der Waals surface area contributed by atoms with E-state index in [2.05, 4.69) is 32.7 Å². The average Bonchev–Trinajstić information content (AvgIpc) is 2.24. The minimum Gasteiger partial charge on any atom is -0.384 e. The van der Waals surface area contributed by atoms with Gasteiger partial charge in [-0.05, 0) is 30.9 Å². The fraction of sp³-hybridized carbons (Fsp3) is 0.600. The summed E-state index contributed by atoms with van der Waals surface area (Å²) in [6.07, 6.45) is 0. The summed E-state index contributed by atoms with van der Waals surface area (Å²) in [5, 5.41) is 0. The number of carbonyl (C=O) groups is 1. The van der Waals surface area contributed by atoms with Crippen LogP contribution in [0.1, 0.15) is 43.7 Å². The molecular weight excluding hydrogens is 238 g/mol. The number of aryl methyl sites for hydroxylation is 1. The molecule has 0 unspecified atom stereocenters. The van der Waals surface area contributed by atoms with Gasteiger partial charge < -0.3 is 10.6 Å². The molecule has 4 heteroatoms. The number of carbonyl (C=O) groups excluding carboxylic acids is 1. The summed E-state index contributed by atoms with van der Waals surface area (Å²) in [5.41, 5.74) is 7.12. The van der Waals surface area contributed by atoms with E-state index in [1.54, 1.807) is 12.1 Å². The third kappa shape index (κ3) is 4.89. The predicted octanol–water partition coefficient (Wildman–Crippen LogP) is 2.73. The van der Waals surface area contributed by atoms with Crippen LogP contribution in [0.3, 0.4) is 0 Å². The van der Waals surface area contributed by atoms with Crippen LogP contribution in [0, 0.1) is 18.8 Å². The standard InChI is InChI=1S/C15H25N3O/c1-10(2)8-18(9-11(3)4)15(19)13-6-12(5)17-14(16)7-13/h6-7,10-11H,8-9H2,1-5H3,(H2,16,17). The van der Waals surface area contributed by atoms with Crippen LogP contribution in [-0.4, -0.2) is 28.9 Å². The number of hydrogen-bond donors (Lipinski definition) is 1. The van der Waals surface area contributed by atoms with Crippen LogP contribution < -0.4 is 5.73 Å². The lowest BCUT2D eigenvalue weighted by Crippen LogP contribution is -2.37. The summed E-state index contributed by atoms with van der Waals surface area (Å²) in [4.78, 5) is 18.6. The van der Waals surface area contributed by atoms with Crippen molar-refractivity contribution in [1.82, 2.24) is 9.88 Å². The maximum Gasteiger partial charge on any atom is 0.254 e. The monoisotopic (exact) mass is 263 g/mol. The molecule has 1 amide bonds. The van der Waals surface area contributed by atoms with E-state index in [0.29, 0.717) is 23.2 Å². The van der Waals surface area contributed by atoms with Crippen LogP contribution in [0.5, 0.6) is 0 Å². The van der Waals surface area contributed by atoms with Gasteiger partial charge in [0.2, 0.25) is 0 Å². The molecule has 0 atom stereocenters. The Hall–Kier alpha value is -1.58. The van der Waals surface area contributed by atoms with E-state index in [1.807, 2.05) is 11.8 Å². The third-order valence-electron chi connectivity index (χ3n) is 2.68. The molecule has 1 aromatic heterocycles. The second-order valence-electron chi connectivity index (χ2n) is 5.92. The van der Waals surface area contributed by atoms with Crippen molar-refractivity contribution in [3.05, 3.63) is 23.4 Å². The van der Waals surface area contributed by atoms with Gasteiger partial charge in [0.25, 0.3) is 5.91 Å². The van der Waals surface area contributed by atoms with Crippen molar-refractivity contribution >= 4 is 11.7 Å². The highest BCUT2D eigenvalue weighted by molar-refractivity contribution is 5.95. The van der Waals surface area contributed by atoms with Gasteiger partial charge in [-0.3, -0.25) is 4.79 Å². The van der Waals surface area contributed by atoms with Crippen LogP contribution >= 0.6 is 0 Å². The van der Waals surface area contributed by atoms with Crippen molar-refractivity contribution in [2.24, 2.45) is 11.8 Å². The molecule has 2 N–H and O–H groups in total. The SMILES string of the molecule is Cc1cc(C(=O)N(CC(C)C)CC(C)C)cc(N)n1. The first-order valence-electron chi connectivity index (χ1n) is 6.83. The number of rotatable bonds is 5. The Balaban J connectivity index is 2.97. The number of nitrogens with zero attached hydrogens (tertiary/aromatic N) is 2. The van der Waals surface area contributed by atoms with Crippen molar-refractivity contribution in [3.63, 3.8) is 0 Å². The zero-order chi connectivity index (χ0) is 14.6. The van der Waals surface area contributed by atoms with E-state index in [9.17, 15) is 4.79 Å². The third-order valence-corrected chi connectivity index (χ3v) is 2.68. The number of hydrogen-bond acceptors (Lipinski definition) is 3. The van der Waals surface area contributed by atoms with Crippen molar-refractivity contribution < 1.29 is 4.79 Å². The fourth-order valence-corrected chi connectivity index (χ4v) is 2.12. The zero-order valence-corrected chi connectivity index (χ0v) is 12.6. The Morgan fingerprint density at radius 1 is 1.21 bits per heavy atom. The smallest absolute Gasteiger partial charge is 0.254 e. The molecule has 0 spiro atoms. The Morgan fingerprint density at radius 3 is 2.16 bits per heavy atom. The molecule has 19 heavy (non-hydrogen) atoms. The van der Waals surface area contributed by atoms with Gasteiger partial charge in [-0.15, -0.1) is 0 Å². The van der Waals surface area contributed by atoms with Crippen LogP contribution in [0.2, 0.25) is 0 Å². The predicted molar refractivity (Wildman–Crippen MR) is 79.0 cm³/mol. The molecule has 106 valence electrons. The average molecular weight is 263 g/mol. The van der Waals surface area contributed by atoms with Gasteiger partial charge in [0.1, 0.15) is 5.82 Å². The maximum absolute atomic E-state index is 12.6. The van der Waals surface area contributed by atoms with Crippen molar-refractivity contribution in [2.75, 3.05) is 18.8 Å². The molecule has 0 aliphatic carbocycles. The summed E-state index contributed by atoms with van der Waals surface area (Å²) in [6, 6.07) is 3.45. The summed E-state index contributed by atoms with van der Waals surface area (Å²) in [6.45, 7) is 11.8. The number of aromatic nitrogens is 1. The second kappa shape index (κ2) is 6.55. The van der Waals surface area contributed by atoms with Crippen LogP contribution in [0.4, 0.5) is 5.82 Å². The molecule has 0 aliphatic rings. The molecule has 1 heterocycles. The summed E-state index contributed by atoms with van der Waals surface area (Å²) < 4.78 is 0. The second-order valence-corrected chi connectivity index (χ2v) is 5.92. The van der Waals surface area contributed by atoms with E-state index < -0.39 is 0 Å². The number of nitrogens with two attached hydrogens (primary N) is 1. The van der Waals surface area contributed by atoms with Crippen LogP contribution in [0.15, 0.2) is 12.1 Å². The molecule has 0 saturated carbocycles. The lowest BCUT2D eigenvalue weighted by molar-refractivity contribution is 0.0715. The number of amides is 1. The Morgan fingerprint density at radius 2 is 1.74 bits per heavy atom. The lowest BCUT2D eigenvalue weighted by Gasteiger charge is -2.26. The van der Waals surface area contributed by atoms with Gasteiger partial charge in [-0.1, -0.05) is 27.7 Å². The molecule has 0 saturated heterocycles. The molecule has 0 radical (unpaired) electrons. The van der Waals surface area contributed by atoms with Gasteiger partial charge in [0, 0.05) is 24.3 Å². The maximum atomic E-state index is 12.6. The summed E-state index contributed by atoms with van der Waals surface area (Å²) in [7, 11) is 0. The molecule has 4 nitrogen and oxygen atoms in total. The first-order valence-corrected chi connectivity index (χ1v) is 6.83. The Bertz CT molecular complexity index is 411. The van der Waals surface area contributed by atoms with Crippen LogP contribution in [-0.2, 0) is 0 Å². The molecule has 0 fully saturated rings. The highest BCUT2D eigenvalue weighted by Crippen LogP contribution is 2.13. The zero-order valence-electron chi connectivity index (χ0n) is 12.6. The first kappa shape index (κ1) is 15.5. The summed E-state index contributed by atoms with van der Waals surface area (Å²) >= 11 is 0. The highest BCUT2D eigenvalue weighted by atomic mass is 16.2. The van der Waals surface area contributed by atoms with Crippen molar-refractivity contribution in [2.45, 2.75) is 34.6 Å². The molecule has 1 rings (SSSR count). The minimum absolute atomic E-state index is 0.0413. The quantitative estimate of drug-likeness (QED) is 0.888.